The quantitative estimate of drug-likeness (QED) is 0.923. The van der Waals surface area contributed by atoms with Crippen LogP contribution in [-0.4, -0.2) is 24.5 Å². The lowest BCUT2D eigenvalue weighted by Crippen LogP contribution is -2.31. The van der Waals surface area contributed by atoms with E-state index in [9.17, 15) is 4.79 Å². The summed E-state index contributed by atoms with van der Waals surface area (Å²) in [4.78, 5) is 16.9. The van der Waals surface area contributed by atoms with Crippen LogP contribution in [0.2, 0.25) is 5.02 Å². The number of carbonyl (C=O) groups is 1. The van der Waals surface area contributed by atoms with Crippen molar-refractivity contribution in [2.24, 2.45) is 5.73 Å². The normalized spacial score (nSPS) is 10.2. The fourth-order valence-electron chi connectivity index (χ4n) is 1.96. The summed E-state index contributed by atoms with van der Waals surface area (Å²) < 4.78 is 0. The molecule has 1 aromatic carbocycles. The number of hydrogen-bond acceptors (Lipinski definition) is 4. The third-order valence-electron chi connectivity index (χ3n) is 2.70. The first-order chi connectivity index (χ1) is 9.02. The Morgan fingerprint density at radius 3 is 2.95 bits per heavy atom. The molecule has 5 nitrogen and oxygen atoms in total. The molecule has 0 fully saturated rings. The van der Waals surface area contributed by atoms with Crippen molar-refractivity contribution in [1.82, 2.24) is 4.98 Å². The fraction of sp³-hybridized carbons (Fsp3) is 0.154. The van der Waals surface area contributed by atoms with Crippen LogP contribution in [0.4, 0.5) is 5.69 Å². The largest absolute Gasteiger partial charge is 0.368 e. The zero-order valence-corrected chi connectivity index (χ0v) is 11.0. The summed E-state index contributed by atoms with van der Waals surface area (Å²) in [5.74, 6) is -0.474. The van der Waals surface area contributed by atoms with Crippen LogP contribution < -0.4 is 10.6 Å². The van der Waals surface area contributed by atoms with Gasteiger partial charge in [0, 0.05) is 23.7 Å². The summed E-state index contributed by atoms with van der Waals surface area (Å²) in [6.45, 7) is 0.0142. The van der Waals surface area contributed by atoms with Gasteiger partial charge in [0.15, 0.2) is 0 Å². The van der Waals surface area contributed by atoms with Crippen LogP contribution in [0, 0.1) is 11.3 Å². The second-order valence-electron chi connectivity index (χ2n) is 4.12. The Morgan fingerprint density at radius 2 is 2.32 bits per heavy atom. The number of fused-ring (bicyclic) bond motifs is 1. The molecule has 1 aromatic heterocycles. The van der Waals surface area contributed by atoms with Crippen molar-refractivity contribution in [3.63, 3.8) is 0 Å². The molecule has 6 heteroatoms. The number of pyridine rings is 1. The lowest BCUT2D eigenvalue weighted by atomic mass is 10.1. The minimum absolute atomic E-state index is 0.0142. The Hall–Kier alpha value is -2.32. The van der Waals surface area contributed by atoms with Gasteiger partial charge in [-0.05, 0) is 18.2 Å². The number of rotatable bonds is 3. The SMILES string of the molecule is CN(CC(N)=O)c1c(C#N)cnc2ccc(Cl)cc12. The summed E-state index contributed by atoms with van der Waals surface area (Å²) in [6.07, 6.45) is 1.48. The summed E-state index contributed by atoms with van der Waals surface area (Å²) >= 11 is 5.98. The van der Waals surface area contributed by atoms with Crippen molar-refractivity contribution in [3.05, 3.63) is 35.0 Å². The van der Waals surface area contributed by atoms with Crippen molar-refractivity contribution in [3.8, 4) is 6.07 Å². The van der Waals surface area contributed by atoms with Crippen LogP contribution in [0.5, 0.6) is 0 Å². The molecular weight excluding hydrogens is 264 g/mol. The molecular formula is C13H11ClN4O. The van der Waals surface area contributed by atoms with E-state index < -0.39 is 5.91 Å². The molecule has 0 bridgehead atoms. The van der Waals surface area contributed by atoms with Gasteiger partial charge in [0.1, 0.15) is 6.07 Å². The van der Waals surface area contributed by atoms with Gasteiger partial charge in [-0.2, -0.15) is 5.26 Å². The molecule has 2 N–H and O–H groups in total. The first-order valence-electron chi connectivity index (χ1n) is 5.50. The second-order valence-corrected chi connectivity index (χ2v) is 4.55. The fourth-order valence-corrected chi connectivity index (χ4v) is 2.13. The van der Waals surface area contributed by atoms with Gasteiger partial charge in [0.05, 0.1) is 23.3 Å². The van der Waals surface area contributed by atoms with Gasteiger partial charge in [-0.15, -0.1) is 0 Å². The topological polar surface area (TPSA) is 83.0 Å². The van der Waals surface area contributed by atoms with Crippen molar-refractivity contribution in [1.29, 1.82) is 5.26 Å². The van der Waals surface area contributed by atoms with Crippen LogP contribution in [0.1, 0.15) is 5.56 Å². The molecule has 1 heterocycles. The van der Waals surface area contributed by atoms with Crippen LogP contribution in [-0.2, 0) is 4.79 Å². The Balaban J connectivity index is 2.70. The number of likely N-dealkylation sites (N-methyl/N-ethyl adjacent to an activating group) is 1. The summed E-state index contributed by atoms with van der Waals surface area (Å²) in [7, 11) is 1.70. The van der Waals surface area contributed by atoms with E-state index in [0.717, 1.165) is 5.39 Å². The maximum atomic E-state index is 11.0. The smallest absolute Gasteiger partial charge is 0.236 e. The number of carbonyl (C=O) groups excluding carboxylic acids is 1. The second kappa shape index (κ2) is 5.12. The van der Waals surface area contributed by atoms with Crippen LogP contribution >= 0.6 is 11.6 Å². The minimum Gasteiger partial charge on any atom is -0.368 e. The summed E-state index contributed by atoms with van der Waals surface area (Å²) in [5, 5.41) is 10.4. The zero-order valence-electron chi connectivity index (χ0n) is 10.2. The summed E-state index contributed by atoms with van der Waals surface area (Å²) in [5.41, 5.74) is 6.87. The number of aromatic nitrogens is 1. The molecule has 0 spiro atoms. The van der Waals surface area contributed by atoms with E-state index in [-0.39, 0.29) is 6.54 Å². The molecule has 0 unspecified atom stereocenters. The van der Waals surface area contributed by atoms with Gasteiger partial charge in [-0.3, -0.25) is 9.78 Å². The van der Waals surface area contributed by atoms with Crippen molar-refractivity contribution in [2.45, 2.75) is 0 Å². The molecule has 1 amide bonds. The monoisotopic (exact) mass is 274 g/mol. The van der Waals surface area contributed by atoms with Gasteiger partial charge >= 0.3 is 0 Å². The molecule has 96 valence electrons. The molecule has 0 saturated carbocycles. The maximum absolute atomic E-state index is 11.0. The van der Waals surface area contributed by atoms with E-state index >= 15 is 0 Å². The average molecular weight is 275 g/mol. The van der Waals surface area contributed by atoms with Crippen molar-refractivity contribution < 1.29 is 4.79 Å². The number of benzene rings is 1. The molecule has 19 heavy (non-hydrogen) atoms. The summed E-state index contributed by atoms with van der Waals surface area (Å²) in [6, 6.07) is 7.27. The highest BCUT2D eigenvalue weighted by molar-refractivity contribution is 6.31. The number of nitrogens with zero attached hydrogens (tertiary/aromatic N) is 3. The third kappa shape index (κ3) is 2.59. The Bertz CT molecular complexity index is 693. The standard InChI is InChI=1S/C13H11ClN4O/c1-18(7-12(16)19)13-8(5-15)6-17-11-3-2-9(14)4-10(11)13/h2-4,6H,7H2,1H3,(H2,16,19). The van der Waals surface area contributed by atoms with Gasteiger partial charge in [0.2, 0.25) is 5.91 Å². The number of anilines is 1. The molecule has 0 aliphatic rings. The van der Waals surface area contributed by atoms with Crippen molar-refractivity contribution >= 4 is 34.1 Å². The first kappa shape index (κ1) is 13.1. The number of hydrogen-bond donors (Lipinski definition) is 1. The molecule has 0 atom stereocenters. The van der Waals surface area contributed by atoms with E-state index in [4.69, 9.17) is 22.6 Å². The highest BCUT2D eigenvalue weighted by Gasteiger charge is 2.14. The maximum Gasteiger partial charge on any atom is 0.236 e. The Morgan fingerprint density at radius 1 is 1.58 bits per heavy atom. The number of amides is 1. The van der Waals surface area contributed by atoms with E-state index in [1.807, 2.05) is 0 Å². The van der Waals surface area contributed by atoms with Crippen LogP contribution in [0.25, 0.3) is 10.9 Å². The molecule has 2 rings (SSSR count). The van der Waals surface area contributed by atoms with Gasteiger partial charge in [0.25, 0.3) is 0 Å². The first-order valence-corrected chi connectivity index (χ1v) is 5.88. The van der Waals surface area contributed by atoms with Crippen molar-refractivity contribution in [2.75, 3.05) is 18.5 Å². The lowest BCUT2D eigenvalue weighted by molar-refractivity contribution is -0.116. The van der Waals surface area contributed by atoms with Gasteiger partial charge in [-0.1, -0.05) is 11.6 Å². The minimum atomic E-state index is -0.474. The highest BCUT2D eigenvalue weighted by atomic mass is 35.5. The van der Waals surface area contributed by atoms with Gasteiger partial charge < -0.3 is 10.6 Å². The third-order valence-corrected chi connectivity index (χ3v) is 2.93. The van der Waals surface area contributed by atoms with E-state index in [0.29, 0.717) is 21.8 Å². The zero-order chi connectivity index (χ0) is 14.0. The molecule has 0 aliphatic carbocycles. The van der Waals surface area contributed by atoms with Crippen LogP contribution in [0.15, 0.2) is 24.4 Å². The van der Waals surface area contributed by atoms with Crippen LogP contribution in [0.3, 0.4) is 0 Å². The molecule has 0 aliphatic heterocycles. The molecule has 2 aromatic rings. The Kier molecular flexibility index (Phi) is 3.54. The molecule has 0 radical (unpaired) electrons. The van der Waals surface area contributed by atoms with E-state index in [1.165, 1.54) is 6.20 Å². The lowest BCUT2D eigenvalue weighted by Gasteiger charge is -2.20. The Labute approximate surface area is 115 Å². The predicted molar refractivity (Wildman–Crippen MR) is 73.9 cm³/mol. The average Bonchev–Trinajstić information content (AvgIpc) is 2.36. The van der Waals surface area contributed by atoms with E-state index in [2.05, 4.69) is 11.1 Å². The number of nitriles is 1. The highest BCUT2D eigenvalue weighted by Crippen LogP contribution is 2.30. The number of halogens is 1. The number of primary amides is 1. The predicted octanol–water partition coefficient (Wildman–Crippen LogP) is 1.68. The van der Waals surface area contributed by atoms with E-state index in [1.54, 1.807) is 30.1 Å². The van der Waals surface area contributed by atoms with Gasteiger partial charge in [-0.25, -0.2) is 0 Å². The molecule has 0 saturated heterocycles. The number of nitrogens with two attached hydrogens (primary N) is 1.